The molecule has 3 rings (SSSR count). The van der Waals surface area contributed by atoms with Gasteiger partial charge in [0.25, 0.3) is 0 Å². The third kappa shape index (κ3) is 2.14. The molecule has 1 atom stereocenters. The molecule has 1 fully saturated rings. The number of aromatic nitrogens is 1. The minimum Gasteiger partial charge on any atom is -0.316 e. The number of Topliss-reactive ketones (excluding diaryl/α,β-unsaturated/α-hetero) is 1. The van der Waals surface area contributed by atoms with Crippen molar-refractivity contribution >= 4 is 16.6 Å². The third-order valence-electron chi connectivity index (χ3n) is 3.62. The van der Waals surface area contributed by atoms with E-state index in [4.69, 9.17) is 0 Å². The lowest BCUT2D eigenvalue weighted by Crippen LogP contribution is -2.13. The second kappa shape index (κ2) is 4.86. The maximum absolute atomic E-state index is 12.4. The Morgan fingerprint density at radius 3 is 3.17 bits per heavy atom. The molecule has 1 aromatic carbocycles. The minimum absolute atomic E-state index is 0.250. The van der Waals surface area contributed by atoms with Crippen molar-refractivity contribution in [2.75, 3.05) is 13.1 Å². The number of fused-ring (bicyclic) bond motifs is 1. The van der Waals surface area contributed by atoms with Crippen LogP contribution in [-0.4, -0.2) is 23.9 Å². The van der Waals surface area contributed by atoms with Crippen LogP contribution in [0.2, 0.25) is 0 Å². The topological polar surface area (TPSA) is 42.0 Å². The lowest BCUT2D eigenvalue weighted by Gasteiger charge is -2.09. The van der Waals surface area contributed by atoms with Gasteiger partial charge in [0.15, 0.2) is 5.78 Å². The maximum atomic E-state index is 12.4. The molecule has 1 aromatic heterocycles. The Labute approximate surface area is 106 Å². The molecule has 1 unspecified atom stereocenters. The number of carbonyl (C=O) groups is 1. The maximum Gasteiger partial charge on any atom is 0.163 e. The van der Waals surface area contributed by atoms with Gasteiger partial charge < -0.3 is 5.32 Å². The second-order valence-electron chi connectivity index (χ2n) is 4.89. The second-order valence-corrected chi connectivity index (χ2v) is 4.89. The van der Waals surface area contributed by atoms with E-state index >= 15 is 0 Å². The molecule has 0 amide bonds. The molecule has 18 heavy (non-hydrogen) atoms. The largest absolute Gasteiger partial charge is 0.316 e. The summed E-state index contributed by atoms with van der Waals surface area (Å²) in [7, 11) is 0. The van der Waals surface area contributed by atoms with E-state index in [1.165, 1.54) is 0 Å². The highest BCUT2D eigenvalue weighted by Gasteiger charge is 2.19. The van der Waals surface area contributed by atoms with Gasteiger partial charge >= 0.3 is 0 Å². The van der Waals surface area contributed by atoms with Gasteiger partial charge in [0.05, 0.1) is 0 Å². The number of benzene rings is 1. The first kappa shape index (κ1) is 11.4. The third-order valence-corrected chi connectivity index (χ3v) is 3.62. The lowest BCUT2D eigenvalue weighted by atomic mass is 9.95. The Morgan fingerprint density at radius 2 is 2.33 bits per heavy atom. The van der Waals surface area contributed by atoms with Crippen molar-refractivity contribution in [3.05, 3.63) is 42.2 Å². The van der Waals surface area contributed by atoms with Gasteiger partial charge in [-0.3, -0.25) is 9.78 Å². The molecule has 0 radical (unpaired) electrons. The van der Waals surface area contributed by atoms with Crippen molar-refractivity contribution in [3.8, 4) is 0 Å². The number of nitrogens with zero attached hydrogens (tertiary/aromatic N) is 1. The van der Waals surface area contributed by atoms with E-state index in [1.54, 1.807) is 6.20 Å². The predicted octanol–water partition coefficient (Wildman–Crippen LogP) is 2.42. The quantitative estimate of drug-likeness (QED) is 0.838. The number of rotatable bonds is 3. The van der Waals surface area contributed by atoms with E-state index in [1.807, 2.05) is 30.5 Å². The summed E-state index contributed by atoms with van der Waals surface area (Å²) in [6, 6.07) is 7.78. The Balaban J connectivity index is 1.91. The summed E-state index contributed by atoms with van der Waals surface area (Å²) in [5.41, 5.74) is 0.835. The Bertz CT molecular complexity index is 568. The zero-order valence-electron chi connectivity index (χ0n) is 10.2. The number of hydrogen-bond donors (Lipinski definition) is 1. The molecule has 92 valence electrons. The summed E-state index contributed by atoms with van der Waals surface area (Å²) in [6.07, 6.45) is 5.31. The molecule has 1 saturated heterocycles. The van der Waals surface area contributed by atoms with Crippen LogP contribution >= 0.6 is 0 Å². The molecule has 3 heteroatoms. The molecule has 1 N–H and O–H groups in total. The van der Waals surface area contributed by atoms with Gasteiger partial charge in [-0.1, -0.05) is 18.2 Å². The van der Waals surface area contributed by atoms with E-state index in [-0.39, 0.29) is 5.78 Å². The van der Waals surface area contributed by atoms with E-state index in [9.17, 15) is 4.79 Å². The SMILES string of the molecule is O=C(CC1CCNC1)c1cccc2cnccc12. The summed E-state index contributed by atoms with van der Waals surface area (Å²) < 4.78 is 0. The first-order valence-corrected chi connectivity index (χ1v) is 6.41. The van der Waals surface area contributed by atoms with Crippen molar-refractivity contribution in [1.29, 1.82) is 0 Å². The molecule has 2 aromatic rings. The van der Waals surface area contributed by atoms with Crippen LogP contribution in [0.1, 0.15) is 23.2 Å². The first-order chi connectivity index (χ1) is 8.84. The van der Waals surface area contributed by atoms with Gasteiger partial charge in [-0.15, -0.1) is 0 Å². The lowest BCUT2D eigenvalue weighted by molar-refractivity contribution is 0.0966. The monoisotopic (exact) mass is 240 g/mol. The first-order valence-electron chi connectivity index (χ1n) is 6.41. The summed E-state index contributed by atoms with van der Waals surface area (Å²) >= 11 is 0. The zero-order chi connectivity index (χ0) is 12.4. The highest BCUT2D eigenvalue weighted by Crippen LogP contribution is 2.22. The summed E-state index contributed by atoms with van der Waals surface area (Å²) in [6.45, 7) is 2.01. The molecule has 1 aliphatic heterocycles. The van der Waals surface area contributed by atoms with Gasteiger partial charge in [0.1, 0.15) is 0 Å². The van der Waals surface area contributed by atoms with E-state index in [2.05, 4.69) is 10.3 Å². The van der Waals surface area contributed by atoms with Crippen molar-refractivity contribution < 1.29 is 4.79 Å². The summed E-state index contributed by atoms with van der Waals surface area (Å²) in [4.78, 5) is 16.5. The highest BCUT2D eigenvalue weighted by atomic mass is 16.1. The Morgan fingerprint density at radius 1 is 1.39 bits per heavy atom. The van der Waals surface area contributed by atoms with Crippen LogP contribution < -0.4 is 5.32 Å². The predicted molar refractivity (Wildman–Crippen MR) is 71.7 cm³/mol. The number of carbonyl (C=O) groups excluding carboxylic acids is 1. The number of nitrogens with one attached hydrogen (secondary N) is 1. The van der Waals surface area contributed by atoms with Crippen LogP contribution in [0.3, 0.4) is 0 Å². The number of ketones is 1. The van der Waals surface area contributed by atoms with Crippen molar-refractivity contribution in [2.24, 2.45) is 5.92 Å². The van der Waals surface area contributed by atoms with Gasteiger partial charge in [-0.2, -0.15) is 0 Å². The van der Waals surface area contributed by atoms with Gasteiger partial charge in [0.2, 0.25) is 0 Å². The van der Waals surface area contributed by atoms with E-state index in [0.717, 1.165) is 35.8 Å². The van der Waals surface area contributed by atoms with Crippen molar-refractivity contribution in [2.45, 2.75) is 12.8 Å². The average molecular weight is 240 g/mol. The molecular formula is C15H16N2O. The van der Waals surface area contributed by atoms with Crippen LogP contribution in [-0.2, 0) is 0 Å². The fourth-order valence-corrected chi connectivity index (χ4v) is 2.63. The van der Waals surface area contributed by atoms with Crippen LogP contribution in [0, 0.1) is 5.92 Å². The summed E-state index contributed by atoms with van der Waals surface area (Å²) in [5, 5.41) is 5.36. The molecule has 0 spiro atoms. The highest BCUT2D eigenvalue weighted by molar-refractivity contribution is 6.07. The Kier molecular flexibility index (Phi) is 3.07. The smallest absolute Gasteiger partial charge is 0.163 e. The Hall–Kier alpha value is -1.74. The zero-order valence-corrected chi connectivity index (χ0v) is 10.2. The standard InChI is InChI=1S/C15H16N2O/c18-15(8-11-4-6-16-9-11)14-3-1-2-12-10-17-7-5-13(12)14/h1-3,5,7,10-11,16H,4,6,8-9H2. The average Bonchev–Trinajstić information content (AvgIpc) is 2.91. The van der Waals surface area contributed by atoms with E-state index in [0.29, 0.717) is 12.3 Å². The van der Waals surface area contributed by atoms with Crippen LogP contribution in [0.5, 0.6) is 0 Å². The molecule has 3 nitrogen and oxygen atoms in total. The van der Waals surface area contributed by atoms with Gasteiger partial charge in [-0.05, 0) is 36.9 Å². The molecule has 2 heterocycles. The minimum atomic E-state index is 0.250. The molecular weight excluding hydrogens is 224 g/mol. The van der Waals surface area contributed by atoms with Crippen molar-refractivity contribution in [1.82, 2.24) is 10.3 Å². The fourth-order valence-electron chi connectivity index (χ4n) is 2.63. The molecule has 0 aliphatic carbocycles. The molecule has 1 aliphatic rings. The fraction of sp³-hybridized carbons (Fsp3) is 0.333. The summed E-state index contributed by atoms with van der Waals surface area (Å²) in [5.74, 6) is 0.745. The molecule has 0 saturated carbocycles. The molecule has 0 bridgehead atoms. The van der Waals surface area contributed by atoms with Crippen molar-refractivity contribution in [3.63, 3.8) is 0 Å². The van der Waals surface area contributed by atoms with Gasteiger partial charge in [-0.25, -0.2) is 0 Å². The van der Waals surface area contributed by atoms with Gasteiger partial charge in [0, 0.05) is 29.8 Å². The normalized spacial score (nSPS) is 19.2. The van der Waals surface area contributed by atoms with E-state index < -0.39 is 0 Å². The number of pyridine rings is 1. The number of hydrogen-bond acceptors (Lipinski definition) is 3. The van der Waals surface area contributed by atoms with Crippen LogP contribution in [0.15, 0.2) is 36.7 Å². The van der Waals surface area contributed by atoms with Crippen LogP contribution in [0.4, 0.5) is 0 Å². The van der Waals surface area contributed by atoms with Crippen LogP contribution in [0.25, 0.3) is 10.8 Å².